The van der Waals surface area contributed by atoms with Crippen LogP contribution in [0.4, 0.5) is 0 Å². The van der Waals surface area contributed by atoms with Crippen LogP contribution in [0.1, 0.15) is 0 Å². The molecule has 5 heteroatoms. The van der Waals surface area contributed by atoms with Crippen molar-refractivity contribution >= 4 is 22.9 Å². The van der Waals surface area contributed by atoms with Gasteiger partial charge in [0.25, 0.3) is 0 Å². The first-order valence-corrected chi connectivity index (χ1v) is 4.66. The van der Waals surface area contributed by atoms with Crippen LogP contribution < -0.4 is 0 Å². The summed E-state index contributed by atoms with van der Waals surface area (Å²) < 4.78 is 0. The average Bonchev–Trinajstić information content (AvgIpc) is 2.49. The van der Waals surface area contributed by atoms with Crippen molar-refractivity contribution in [2.45, 2.75) is 0 Å². The van der Waals surface area contributed by atoms with E-state index in [0.29, 0.717) is 6.54 Å². The van der Waals surface area contributed by atoms with Crippen molar-refractivity contribution in [3.63, 3.8) is 0 Å². The van der Waals surface area contributed by atoms with Crippen molar-refractivity contribution in [3.05, 3.63) is 11.8 Å². The SMILES string of the molecule is O=C(O)C1=CCN2CCSC2=N1. The molecule has 0 radical (unpaired) electrons. The van der Waals surface area contributed by atoms with Gasteiger partial charge in [-0.2, -0.15) is 0 Å². The van der Waals surface area contributed by atoms with Crippen LogP contribution in [0.15, 0.2) is 16.8 Å². The quantitative estimate of drug-likeness (QED) is 0.640. The summed E-state index contributed by atoms with van der Waals surface area (Å²) in [7, 11) is 0. The topological polar surface area (TPSA) is 52.9 Å². The number of rotatable bonds is 1. The monoisotopic (exact) mass is 184 g/mol. The van der Waals surface area contributed by atoms with E-state index < -0.39 is 5.97 Å². The fourth-order valence-corrected chi connectivity index (χ4v) is 2.19. The second-order valence-electron chi connectivity index (χ2n) is 2.58. The zero-order valence-corrected chi connectivity index (χ0v) is 7.17. The summed E-state index contributed by atoms with van der Waals surface area (Å²) in [6.07, 6.45) is 1.65. The highest BCUT2D eigenvalue weighted by Gasteiger charge is 2.23. The van der Waals surface area contributed by atoms with Gasteiger partial charge >= 0.3 is 5.97 Å². The van der Waals surface area contributed by atoms with Crippen LogP contribution in [0, 0.1) is 0 Å². The van der Waals surface area contributed by atoms with Crippen LogP contribution in [-0.2, 0) is 4.79 Å². The van der Waals surface area contributed by atoms with Crippen molar-refractivity contribution in [3.8, 4) is 0 Å². The molecule has 2 heterocycles. The highest BCUT2D eigenvalue weighted by molar-refractivity contribution is 8.14. The molecule has 0 atom stereocenters. The standard InChI is InChI=1S/C7H8N2O2S/c10-6(11)5-1-2-9-3-4-12-7(9)8-5/h1H,2-4H2,(H,10,11). The van der Waals surface area contributed by atoms with E-state index >= 15 is 0 Å². The zero-order valence-electron chi connectivity index (χ0n) is 6.36. The summed E-state index contributed by atoms with van der Waals surface area (Å²) in [5.41, 5.74) is 0.177. The number of aliphatic imine (C=N–C) groups is 1. The summed E-state index contributed by atoms with van der Waals surface area (Å²) in [6.45, 7) is 1.67. The highest BCUT2D eigenvalue weighted by Crippen LogP contribution is 2.22. The number of fused-ring (bicyclic) bond motifs is 1. The molecule has 4 nitrogen and oxygen atoms in total. The van der Waals surface area contributed by atoms with E-state index in [1.54, 1.807) is 17.8 Å². The molecule has 0 spiro atoms. The highest BCUT2D eigenvalue weighted by atomic mass is 32.2. The minimum absolute atomic E-state index is 0.177. The molecular weight excluding hydrogens is 176 g/mol. The van der Waals surface area contributed by atoms with Gasteiger partial charge in [0.15, 0.2) is 5.17 Å². The number of nitrogens with zero attached hydrogens (tertiary/aromatic N) is 2. The number of hydrogen-bond donors (Lipinski definition) is 1. The second kappa shape index (κ2) is 2.82. The second-order valence-corrected chi connectivity index (χ2v) is 3.65. The molecule has 0 amide bonds. The van der Waals surface area contributed by atoms with E-state index in [1.807, 2.05) is 0 Å². The number of amidine groups is 1. The van der Waals surface area contributed by atoms with Gasteiger partial charge in [-0.15, -0.1) is 0 Å². The molecule has 0 aromatic rings. The Morgan fingerprint density at radius 1 is 1.75 bits per heavy atom. The van der Waals surface area contributed by atoms with Crippen molar-refractivity contribution in [2.24, 2.45) is 4.99 Å². The van der Waals surface area contributed by atoms with Gasteiger partial charge in [-0.1, -0.05) is 11.8 Å². The Morgan fingerprint density at radius 3 is 3.33 bits per heavy atom. The largest absolute Gasteiger partial charge is 0.477 e. The van der Waals surface area contributed by atoms with Crippen molar-refractivity contribution < 1.29 is 9.90 Å². The Labute approximate surface area is 74.0 Å². The summed E-state index contributed by atoms with van der Waals surface area (Å²) in [5.74, 6) is 0.0780. The third-order valence-corrected chi connectivity index (χ3v) is 2.80. The van der Waals surface area contributed by atoms with Gasteiger partial charge in [0.05, 0.1) is 0 Å². The maximum atomic E-state index is 10.5. The van der Waals surface area contributed by atoms with Crippen molar-refractivity contribution in [2.75, 3.05) is 18.8 Å². The number of carbonyl (C=O) groups is 1. The van der Waals surface area contributed by atoms with E-state index in [2.05, 4.69) is 9.89 Å². The van der Waals surface area contributed by atoms with Gasteiger partial charge in [0.1, 0.15) is 5.70 Å². The van der Waals surface area contributed by atoms with Crippen LogP contribution in [0.3, 0.4) is 0 Å². The first kappa shape index (κ1) is 7.67. The first-order valence-electron chi connectivity index (χ1n) is 3.67. The van der Waals surface area contributed by atoms with Crippen LogP contribution in [0.25, 0.3) is 0 Å². The number of aliphatic carboxylic acids is 1. The Hall–Kier alpha value is -0.970. The molecule has 1 fully saturated rings. The Bertz CT molecular complexity index is 285. The number of carboxylic acid groups (broad SMARTS) is 1. The molecule has 2 rings (SSSR count). The summed E-state index contributed by atoms with van der Waals surface area (Å²) in [4.78, 5) is 16.6. The van der Waals surface area contributed by atoms with E-state index in [9.17, 15) is 4.79 Å². The van der Waals surface area contributed by atoms with Gasteiger partial charge in [-0.05, 0) is 6.08 Å². The third kappa shape index (κ3) is 1.20. The molecule has 0 aromatic carbocycles. The lowest BCUT2D eigenvalue weighted by atomic mass is 10.3. The van der Waals surface area contributed by atoms with Gasteiger partial charge < -0.3 is 10.0 Å². The molecule has 0 aromatic heterocycles. The lowest BCUT2D eigenvalue weighted by Gasteiger charge is -2.18. The molecule has 1 saturated heterocycles. The van der Waals surface area contributed by atoms with E-state index in [1.165, 1.54) is 0 Å². The number of carboxylic acids is 1. The lowest BCUT2D eigenvalue weighted by Crippen LogP contribution is -2.28. The molecule has 0 bridgehead atoms. The third-order valence-electron chi connectivity index (χ3n) is 1.80. The number of thioether (sulfide) groups is 1. The smallest absolute Gasteiger partial charge is 0.354 e. The van der Waals surface area contributed by atoms with E-state index in [0.717, 1.165) is 17.5 Å². The first-order chi connectivity index (χ1) is 5.77. The molecule has 0 unspecified atom stereocenters. The molecule has 2 aliphatic rings. The molecule has 0 aliphatic carbocycles. The van der Waals surface area contributed by atoms with Gasteiger partial charge in [0.2, 0.25) is 0 Å². The molecular formula is C7H8N2O2S. The van der Waals surface area contributed by atoms with E-state index in [-0.39, 0.29) is 5.70 Å². The Morgan fingerprint density at radius 2 is 2.58 bits per heavy atom. The minimum atomic E-state index is -0.936. The summed E-state index contributed by atoms with van der Waals surface area (Å²) in [6, 6.07) is 0. The Balaban J connectivity index is 2.22. The normalized spacial score (nSPS) is 21.5. The zero-order chi connectivity index (χ0) is 8.55. The van der Waals surface area contributed by atoms with Crippen molar-refractivity contribution in [1.82, 2.24) is 4.90 Å². The predicted molar refractivity (Wildman–Crippen MR) is 47.2 cm³/mol. The predicted octanol–water partition coefficient (Wildman–Crippen LogP) is 0.373. The van der Waals surface area contributed by atoms with Gasteiger partial charge in [0, 0.05) is 18.8 Å². The van der Waals surface area contributed by atoms with Crippen LogP contribution in [-0.4, -0.2) is 40.0 Å². The summed E-state index contributed by atoms with van der Waals surface area (Å²) in [5, 5.41) is 9.51. The fourth-order valence-electron chi connectivity index (χ4n) is 1.19. The van der Waals surface area contributed by atoms with Crippen LogP contribution >= 0.6 is 11.8 Å². The molecule has 64 valence electrons. The maximum absolute atomic E-state index is 10.5. The average molecular weight is 184 g/mol. The van der Waals surface area contributed by atoms with Gasteiger partial charge in [-0.25, -0.2) is 9.79 Å². The molecule has 0 saturated carbocycles. The minimum Gasteiger partial charge on any atom is -0.477 e. The summed E-state index contributed by atoms with van der Waals surface area (Å²) >= 11 is 1.62. The van der Waals surface area contributed by atoms with Crippen LogP contribution in [0.5, 0.6) is 0 Å². The van der Waals surface area contributed by atoms with Crippen LogP contribution in [0.2, 0.25) is 0 Å². The Kier molecular flexibility index (Phi) is 1.80. The van der Waals surface area contributed by atoms with Crippen molar-refractivity contribution in [1.29, 1.82) is 0 Å². The fraction of sp³-hybridized carbons (Fsp3) is 0.429. The number of hydrogen-bond acceptors (Lipinski definition) is 4. The van der Waals surface area contributed by atoms with Gasteiger partial charge in [-0.3, -0.25) is 0 Å². The molecule has 12 heavy (non-hydrogen) atoms. The van der Waals surface area contributed by atoms with E-state index in [4.69, 9.17) is 5.11 Å². The molecule has 2 aliphatic heterocycles. The molecule has 1 N–H and O–H groups in total. The maximum Gasteiger partial charge on any atom is 0.354 e. The lowest BCUT2D eigenvalue weighted by molar-refractivity contribution is -0.132.